The van der Waals surface area contributed by atoms with Crippen molar-refractivity contribution in [1.29, 1.82) is 0 Å². The van der Waals surface area contributed by atoms with Crippen molar-refractivity contribution in [1.82, 2.24) is 9.13 Å². The normalized spacial score (nSPS) is 16.4. The van der Waals surface area contributed by atoms with Crippen molar-refractivity contribution >= 4 is 34.0 Å². The minimum Gasteiger partial charge on any atom is -0.497 e. The van der Waals surface area contributed by atoms with Crippen molar-refractivity contribution < 1.29 is 4.74 Å². The van der Waals surface area contributed by atoms with Gasteiger partial charge in [0.25, 0.3) is 5.56 Å². The first kappa shape index (κ1) is 24.6. The fourth-order valence-corrected chi connectivity index (χ4v) is 7.23. The number of aryl methyl sites for hydroxylation is 1. The summed E-state index contributed by atoms with van der Waals surface area (Å²) in [6.45, 7) is 6.77. The number of thiazole rings is 1. The standard InChI is InChI=1S/C34H29N3O2S/c1-4-19-36-21(2)28(26-11-7-8-12-29(26)36)20-30-33(38)37-32(23-13-16-24(39-3)17-14-23)27-18-15-22-9-5-6-10-25(22)31(27)35-34(37)40-30/h4-14,16-17,20,32H,1,15,18-19H2,2-3H3/b30-20+/t32-/m0/s1. The summed E-state index contributed by atoms with van der Waals surface area (Å²) in [5.74, 6) is 0.797. The fraction of sp³-hybridized carbons (Fsp3) is 0.176. The van der Waals surface area contributed by atoms with Crippen molar-refractivity contribution in [2.24, 2.45) is 4.99 Å². The number of hydrogen-bond acceptors (Lipinski definition) is 4. The molecule has 5 aromatic rings. The number of hydrogen-bond donors (Lipinski definition) is 0. The molecule has 2 aromatic heterocycles. The molecule has 7 rings (SSSR count). The van der Waals surface area contributed by atoms with Crippen LogP contribution in [0.5, 0.6) is 5.75 Å². The lowest BCUT2D eigenvalue weighted by molar-refractivity contribution is 0.414. The molecular weight excluding hydrogens is 514 g/mol. The SMILES string of the molecule is C=CCn1c(C)c(/C=c2/sc3n(c2=O)[C@@H](c2ccc(OC)cc2)C2=C(N=3)c3ccccc3CC2)c2ccccc21. The summed E-state index contributed by atoms with van der Waals surface area (Å²) in [5.41, 5.74) is 9.07. The predicted octanol–water partition coefficient (Wildman–Crippen LogP) is 5.78. The maximum absolute atomic E-state index is 14.2. The van der Waals surface area contributed by atoms with E-state index in [0.29, 0.717) is 11.1 Å². The van der Waals surface area contributed by atoms with Gasteiger partial charge in [-0.25, -0.2) is 4.99 Å². The highest BCUT2D eigenvalue weighted by Gasteiger charge is 2.32. The first-order chi connectivity index (χ1) is 19.6. The van der Waals surface area contributed by atoms with E-state index in [2.05, 4.69) is 78.7 Å². The molecule has 2 aliphatic rings. The van der Waals surface area contributed by atoms with E-state index in [4.69, 9.17) is 9.73 Å². The zero-order valence-corrected chi connectivity index (χ0v) is 23.4. The van der Waals surface area contributed by atoms with Gasteiger partial charge in [0, 0.05) is 34.3 Å². The Morgan fingerprint density at radius 2 is 1.82 bits per heavy atom. The lowest BCUT2D eigenvalue weighted by Gasteiger charge is -2.30. The molecule has 0 N–H and O–H groups in total. The van der Waals surface area contributed by atoms with Gasteiger partial charge in [-0.05, 0) is 60.7 Å². The van der Waals surface area contributed by atoms with Crippen molar-refractivity contribution in [3.8, 4) is 5.75 Å². The smallest absolute Gasteiger partial charge is 0.271 e. The molecule has 198 valence electrons. The summed E-state index contributed by atoms with van der Waals surface area (Å²) in [5, 5.41) is 1.13. The fourth-order valence-electron chi connectivity index (χ4n) is 6.24. The molecule has 0 saturated carbocycles. The Balaban J connectivity index is 1.49. The third kappa shape index (κ3) is 3.74. The minimum atomic E-state index is -0.212. The molecular formula is C34H29N3O2S. The lowest BCUT2D eigenvalue weighted by atomic mass is 9.83. The summed E-state index contributed by atoms with van der Waals surface area (Å²) in [7, 11) is 1.67. The Morgan fingerprint density at radius 3 is 2.62 bits per heavy atom. The second-order valence-electron chi connectivity index (χ2n) is 10.3. The average Bonchev–Trinajstić information content (AvgIpc) is 3.45. The van der Waals surface area contributed by atoms with E-state index in [9.17, 15) is 4.79 Å². The molecule has 0 bridgehead atoms. The summed E-state index contributed by atoms with van der Waals surface area (Å²) in [6.07, 6.45) is 5.77. The predicted molar refractivity (Wildman–Crippen MR) is 163 cm³/mol. The van der Waals surface area contributed by atoms with Gasteiger partial charge in [-0.15, -0.1) is 6.58 Å². The van der Waals surface area contributed by atoms with Crippen LogP contribution in [0.15, 0.2) is 101 Å². The Kier molecular flexibility index (Phi) is 5.93. The second-order valence-corrected chi connectivity index (χ2v) is 11.3. The van der Waals surface area contributed by atoms with Crippen LogP contribution in [0.1, 0.15) is 40.4 Å². The van der Waals surface area contributed by atoms with Gasteiger partial charge in [0.05, 0.1) is 23.4 Å². The maximum atomic E-state index is 14.2. The van der Waals surface area contributed by atoms with Crippen LogP contribution in [-0.4, -0.2) is 16.2 Å². The number of nitrogens with zero attached hydrogens (tertiary/aromatic N) is 3. The summed E-state index contributed by atoms with van der Waals surface area (Å²) < 4.78 is 10.3. The quantitative estimate of drug-likeness (QED) is 0.264. The molecule has 1 aliphatic carbocycles. The molecule has 3 heterocycles. The number of methoxy groups -OCH3 is 1. The van der Waals surface area contributed by atoms with Crippen molar-refractivity contribution in [3.63, 3.8) is 0 Å². The molecule has 0 unspecified atom stereocenters. The first-order valence-electron chi connectivity index (χ1n) is 13.5. The first-order valence-corrected chi connectivity index (χ1v) is 14.4. The molecule has 5 nitrogen and oxygen atoms in total. The number of fused-ring (bicyclic) bond motifs is 4. The molecule has 3 aromatic carbocycles. The summed E-state index contributed by atoms with van der Waals surface area (Å²) in [4.78, 5) is 20.1. The van der Waals surface area contributed by atoms with Crippen LogP contribution in [0.4, 0.5) is 0 Å². The van der Waals surface area contributed by atoms with Gasteiger partial charge >= 0.3 is 0 Å². The Morgan fingerprint density at radius 1 is 1.05 bits per heavy atom. The molecule has 0 amide bonds. The van der Waals surface area contributed by atoms with Crippen molar-refractivity contribution in [3.05, 3.63) is 139 Å². The zero-order valence-electron chi connectivity index (χ0n) is 22.6. The van der Waals surface area contributed by atoms with Crippen LogP contribution >= 0.6 is 11.3 Å². The van der Waals surface area contributed by atoms with Gasteiger partial charge in [0.2, 0.25) is 0 Å². The van der Waals surface area contributed by atoms with E-state index in [-0.39, 0.29) is 11.6 Å². The van der Waals surface area contributed by atoms with Gasteiger partial charge in [-0.1, -0.05) is 72.0 Å². The van der Waals surface area contributed by atoms with Crippen LogP contribution in [0.3, 0.4) is 0 Å². The molecule has 1 aliphatic heterocycles. The summed E-state index contributed by atoms with van der Waals surface area (Å²) >= 11 is 1.47. The molecule has 0 fully saturated rings. The number of benzene rings is 3. The Labute approximate surface area is 236 Å². The van der Waals surface area contributed by atoms with Gasteiger partial charge < -0.3 is 9.30 Å². The molecule has 6 heteroatoms. The molecule has 0 saturated heterocycles. The van der Waals surface area contributed by atoms with E-state index in [0.717, 1.165) is 56.8 Å². The minimum absolute atomic E-state index is 0.00470. The van der Waals surface area contributed by atoms with Crippen LogP contribution in [-0.2, 0) is 13.0 Å². The zero-order chi connectivity index (χ0) is 27.4. The van der Waals surface area contributed by atoms with Gasteiger partial charge in [0.1, 0.15) is 5.75 Å². The summed E-state index contributed by atoms with van der Waals surface area (Å²) in [6, 6.07) is 24.7. The number of rotatable bonds is 5. The highest BCUT2D eigenvalue weighted by molar-refractivity contribution is 7.07. The van der Waals surface area contributed by atoms with E-state index in [1.807, 2.05) is 28.8 Å². The number of para-hydroxylation sites is 1. The highest BCUT2D eigenvalue weighted by Crippen LogP contribution is 2.41. The topological polar surface area (TPSA) is 48.5 Å². The molecule has 0 radical (unpaired) electrons. The van der Waals surface area contributed by atoms with Crippen LogP contribution in [0, 0.1) is 6.92 Å². The molecule has 0 spiro atoms. The third-order valence-electron chi connectivity index (χ3n) is 8.17. The Hall–Kier alpha value is -4.42. The van der Waals surface area contributed by atoms with E-state index >= 15 is 0 Å². The molecule has 1 atom stereocenters. The number of aromatic nitrogens is 2. The van der Waals surface area contributed by atoms with Crippen molar-refractivity contribution in [2.45, 2.75) is 32.4 Å². The average molecular weight is 544 g/mol. The van der Waals surface area contributed by atoms with Gasteiger partial charge in [-0.3, -0.25) is 9.36 Å². The van der Waals surface area contributed by atoms with Crippen LogP contribution < -0.4 is 19.6 Å². The number of ether oxygens (including phenoxy) is 1. The van der Waals surface area contributed by atoms with Crippen molar-refractivity contribution in [2.75, 3.05) is 7.11 Å². The number of allylic oxidation sites excluding steroid dienone is 2. The van der Waals surface area contributed by atoms with Crippen LogP contribution in [0.25, 0.3) is 22.7 Å². The van der Waals surface area contributed by atoms with E-state index < -0.39 is 0 Å². The van der Waals surface area contributed by atoms with E-state index in [1.165, 1.54) is 28.0 Å². The largest absolute Gasteiger partial charge is 0.497 e. The third-order valence-corrected chi connectivity index (χ3v) is 9.15. The highest BCUT2D eigenvalue weighted by atomic mass is 32.1. The van der Waals surface area contributed by atoms with Crippen LogP contribution in [0.2, 0.25) is 0 Å². The Bertz CT molecular complexity index is 2020. The van der Waals surface area contributed by atoms with Gasteiger partial charge in [-0.2, -0.15) is 0 Å². The maximum Gasteiger partial charge on any atom is 0.271 e. The van der Waals surface area contributed by atoms with Gasteiger partial charge in [0.15, 0.2) is 4.80 Å². The second kappa shape index (κ2) is 9.65. The van der Waals surface area contributed by atoms with E-state index in [1.54, 1.807) is 7.11 Å². The molecule has 40 heavy (non-hydrogen) atoms. The lowest BCUT2D eigenvalue weighted by Crippen LogP contribution is -2.38. The monoisotopic (exact) mass is 543 g/mol.